The largest absolute Gasteiger partial charge is 0.419 e. The van der Waals surface area contributed by atoms with Crippen LogP contribution in [0.4, 0.5) is 0 Å². The minimum Gasteiger partial charge on any atom is -0.419 e. The summed E-state index contributed by atoms with van der Waals surface area (Å²) in [6.07, 6.45) is -0.118. The zero-order chi connectivity index (χ0) is 19.2. The molecule has 0 N–H and O–H groups in total. The summed E-state index contributed by atoms with van der Waals surface area (Å²) in [5, 5.41) is 0. The highest BCUT2D eigenvalue weighted by Gasteiger charge is 2.44. The monoisotopic (exact) mass is 380 g/mol. The van der Waals surface area contributed by atoms with Gasteiger partial charge in [0.2, 0.25) is 0 Å². The number of benzene rings is 4. The molecule has 0 aromatic heterocycles. The molecule has 0 saturated heterocycles. The molecule has 0 aliphatic rings. The molecule has 1 nitrogen and oxygen atoms in total. The standard InChI is InChI=1S/C26H24OSi/c28-27-25(21-13-5-1-6-14-21)26(22-15-7-2-8-16-22,23-17-9-3-10-18-23)24-19-11-4-12-20-24/h1-20,25H,28H3. The summed E-state index contributed by atoms with van der Waals surface area (Å²) in [5.74, 6) is 0. The average Bonchev–Trinajstić information content (AvgIpc) is 2.80. The summed E-state index contributed by atoms with van der Waals surface area (Å²) in [6, 6.07) is 42.8. The second kappa shape index (κ2) is 8.38. The van der Waals surface area contributed by atoms with Crippen molar-refractivity contribution in [2.24, 2.45) is 0 Å². The van der Waals surface area contributed by atoms with Crippen LogP contribution in [-0.4, -0.2) is 10.5 Å². The second-order valence-electron chi connectivity index (χ2n) is 6.93. The van der Waals surface area contributed by atoms with Crippen LogP contribution in [0.1, 0.15) is 28.4 Å². The predicted octanol–water partition coefficient (Wildman–Crippen LogP) is 5.06. The first-order chi connectivity index (χ1) is 13.9. The van der Waals surface area contributed by atoms with Crippen LogP contribution in [0.3, 0.4) is 0 Å². The van der Waals surface area contributed by atoms with Gasteiger partial charge in [0.1, 0.15) is 10.5 Å². The molecule has 1 atom stereocenters. The summed E-state index contributed by atoms with van der Waals surface area (Å²) in [4.78, 5) is 0. The van der Waals surface area contributed by atoms with Crippen LogP contribution < -0.4 is 0 Å². The van der Waals surface area contributed by atoms with E-state index in [-0.39, 0.29) is 6.10 Å². The fraction of sp³-hybridized carbons (Fsp3) is 0.0769. The van der Waals surface area contributed by atoms with Crippen molar-refractivity contribution >= 4 is 10.5 Å². The fourth-order valence-corrected chi connectivity index (χ4v) is 4.87. The SMILES string of the molecule is [SiH3]OC(c1ccccc1)C(c1ccccc1)(c1ccccc1)c1ccccc1. The van der Waals surface area contributed by atoms with Crippen molar-refractivity contribution in [3.63, 3.8) is 0 Å². The zero-order valence-electron chi connectivity index (χ0n) is 16.0. The predicted molar refractivity (Wildman–Crippen MR) is 119 cm³/mol. The normalized spacial score (nSPS) is 12.6. The summed E-state index contributed by atoms with van der Waals surface area (Å²) >= 11 is 0. The van der Waals surface area contributed by atoms with E-state index in [1.807, 2.05) is 0 Å². The first kappa shape index (κ1) is 18.4. The molecule has 0 radical (unpaired) electrons. The van der Waals surface area contributed by atoms with E-state index in [2.05, 4.69) is 121 Å². The highest BCUT2D eigenvalue weighted by atomic mass is 28.2. The van der Waals surface area contributed by atoms with Crippen molar-refractivity contribution in [2.75, 3.05) is 0 Å². The van der Waals surface area contributed by atoms with Crippen LogP contribution in [0.15, 0.2) is 121 Å². The maximum absolute atomic E-state index is 6.40. The third kappa shape index (κ3) is 3.22. The van der Waals surface area contributed by atoms with Gasteiger partial charge in [0.15, 0.2) is 0 Å². The Morgan fingerprint density at radius 2 is 0.821 bits per heavy atom. The summed E-state index contributed by atoms with van der Waals surface area (Å²) < 4.78 is 6.40. The van der Waals surface area contributed by atoms with Gasteiger partial charge in [-0.15, -0.1) is 0 Å². The molecule has 1 unspecified atom stereocenters. The van der Waals surface area contributed by atoms with Gasteiger partial charge in [-0.1, -0.05) is 121 Å². The molecule has 28 heavy (non-hydrogen) atoms. The average molecular weight is 381 g/mol. The highest BCUT2D eigenvalue weighted by molar-refractivity contribution is 5.98. The highest BCUT2D eigenvalue weighted by Crippen LogP contribution is 2.49. The lowest BCUT2D eigenvalue weighted by atomic mass is 9.64. The minimum absolute atomic E-state index is 0.118. The fourth-order valence-electron chi connectivity index (χ4n) is 4.25. The Morgan fingerprint density at radius 1 is 0.500 bits per heavy atom. The van der Waals surface area contributed by atoms with Gasteiger partial charge in [0.25, 0.3) is 0 Å². The van der Waals surface area contributed by atoms with E-state index < -0.39 is 5.41 Å². The maximum atomic E-state index is 6.40. The van der Waals surface area contributed by atoms with Crippen LogP contribution in [-0.2, 0) is 9.84 Å². The molecule has 138 valence electrons. The summed E-state index contributed by atoms with van der Waals surface area (Å²) in [7, 11) is 0.641. The van der Waals surface area contributed by atoms with Crippen LogP contribution in [0.5, 0.6) is 0 Å². The molecular weight excluding hydrogens is 356 g/mol. The Hall–Kier alpha value is -2.94. The van der Waals surface area contributed by atoms with E-state index in [1.54, 1.807) is 0 Å². The first-order valence-electron chi connectivity index (χ1n) is 9.61. The Morgan fingerprint density at radius 3 is 1.14 bits per heavy atom. The van der Waals surface area contributed by atoms with Gasteiger partial charge in [0, 0.05) is 0 Å². The molecule has 0 aliphatic heterocycles. The van der Waals surface area contributed by atoms with Gasteiger partial charge in [0.05, 0.1) is 11.5 Å². The van der Waals surface area contributed by atoms with Gasteiger partial charge >= 0.3 is 0 Å². The minimum atomic E-state index is -0.438. The Bertz CT molecular complexity index is 889. The van der Waals surface area contributed by atoms with Crippen molar-refractivity contribution in [2.45, 2.75) is 11.5 Å². The Balaban J connectivity index is 2.10. The van der Waals surface area contributed by atoms with Gasteiger partial charge in [-0.2, -0.15) is 0 Å². The van der Waals surface area contributed by atoms with E-state index in [1.165, 1.54) is 22.3 Å². The summed E-state index contributed by atoms with van der Waals surface area (Å²) in [6.45, 7) is 0. The Labute approximate surface area is 170 Å². The zero-order valence-corrected chi connectivity index (χ0v) is 18.0. The molecule has 0 saturated carbocycles. The maximum Gasteiger partial charge on any atom is 0.146 e. The molecule has 0 bridgehead atoms. The molecule has 0 heterocycles. The lowest BCUT2D eigenvalue weighted by Gasteiger charge is -2.42. The molecule has 4 aromatic carbocycles. The first-order valence-corrected chi connectivity index (χ1v) is 10.4. The van der Waals surface area contributed by atoms with E-state index in [0.29, 0.717) is 10.5 Å². The third-order valence-electron chi connectivity index (χ3n) is 5.42. The van der Waals surface area contributed by atoms with Crippen molar-refractivity contribution in [1.82, 2.24) is 0 Å². The van der Waals surface area contributed by atoms with E-state index in [0.717, 1.165) is 0 Å². The number of hydrogen-bond donors (Lipinski definition) is 0. The molecular formula is C26H24OSi. The topological polar surface area (TPSA) is 9.23 Å². The van der Waals surface area contributed by atoms with Crippen LogP contribution in [0.2, 0.25) is 0 Å². The van der Waals surface area contributed by atoms with Crippen molar-refractivity contribution in [3.8, 4) is 0 Å². The second-order valence-corrected chi connectivity index (χ2v) is 7.40. The van der Waals surface area contributed by atoms with Crippen molar-refractivity contribution < 1.29 is 4.43 Å². The molecule has 2 heteroatoms. The Kier molecular flexibility index (Phi) is 5.52. The van der Waals surface area contributed by atoms with Gasteiger partial charge < -0.3 is 4.43 Å². The van der Waals surface area contributed by atoms with Crippen molar-refractivity contribution in [1.29, 1.82) is 0 Å². The molecule has 0 amide bonds. The van der Waals surface area contributed by atoms with E-state index in [9.17, 15) is 0 Å². The van der Waals surface area contributed by atoms with Crippen LogP contribution in [0, 0.1) is 0 Å². The quantitative estimate of drug-likeness (QED) is 0.336. The summed E-state index contributed by atoms with van der Waals surface area (Å²) in [5.41, 5.74) is 4.45. The van der Waals surface area contributed by atoms with Crippen LogP contribution in [0.25, 0.3) is 0 Å². The van der Waals surface area contributed by atoms with Crippen LogP contribution >= 0.6 is 0 Å². The molecule has 4 aromatic rings. The van der Waals surface area contributed by atoms with Gasteiger partial charge in [-0.25, -0.2) is 0 Å². The van der Waals surface area contributed by atoms with Crippen molar-refractivity contribution in [3.05, 3.63) is 144 Å². The lowest BCUT2D eigenvalue weighted by Crippen LogP contribution is -2.37. The molecule has 0 spiro atoms. The molecule has 0 fully saturated rings. The third-order valence-corrected chi connectivity index (χ3v) is 5.89. The van der Waals surface area contributed by atoms with E-state index >= 15 is 0 Å². The number of hydrogen-bond acceptors (Lipinski definition) is 1. The molecule has 0 aliphatic carbocycles. The van der Waals surface area contributed by atoms with Gasteiger partial charge in [-0.05, 0) is 22.3 Å². The number of rotatable bonds is 6. The van der Waals surface area contributed by atoms with Gasteiger partial charge in [-0.3, -0.25) is 0 Å². The lowest BCUT2D eigenvalue weighted by molar-refractivity contribution is 0.164. The van der Waals surface area contributed by atoms with E-state index in [4.69, 9.17) is 4.43 Å². The smallest absolute Gasteiger partial charge is 0.146 e. The molecule has 4 rings (SSSR count).